The van der Waals surface area contributed by atoms with Gasteiger partial charge in [-0.15, -0.1) is 5.10 Å². The topological polar surface area (TPSA) is 123 Å². The van der Waals surface area contributed by atoms with E-state index in [1.54, 1.807) is 28.3 Å². The lowest BCUT2D eigenvalue weighted by molar-refractivity contribution is -0.113. The summed E-state index contributed by atoms with van der Waals surface area (Å²) >= 11 is 2.52. The molecule has 3 aromatic carbocycles. The Morgan fingerprint density at radius 2 is 1.70 bits per heavy atom. The summed E-state index contributed by atoms with van der Waals surface area (Å²) in [6.45, 7) is 1.80. The Balaban J connectivity index is 1.25. The molecule has 0 aliphatic carbocycles. The van der Waals surface area contributed by atoms with Gasteiger partial charge < -0.3 is 14.6 Å². The van der Waals surface area contributed by atoms with Crippen molar-refractivity contribution in [2.24, 2.45) is 4.99 Å². The average molecular weight is 661 g/mol. The van der Waals surface area contributed by atoms with E-state index < -0.39 is 6.04 Å². The number of carbonyl (C=O) groups excluding carboxylic acids is 1. The number of hydrogen-bond donors (Lipinski definition) is 1. The highest BCUT2D eigenvalue weighted by Gasteiger charge is 2.32. The SMILES string of the molecule is CC1=C(C(=O)Nc2ccccc2)[C@@H](c2ccc(N(C)C)cc2)n2c(s/c(=C\c3ccc(Sc4nnnn4-c4ccccc4)o3)c2=O)=N1. The maximum Gasteiger partial charge on any atom is 0.271 e. The number of hydrogen-bond acceptors (Lipinski definition) is 10. The molecule has 1 amide bonds. The van der Waals surface area contributed by atoms with E-state index in [1.165, 1.54) is 23.1 Å². The predicted molar refractivity (Wildman–Crippen MR) is 182 cm³/mol. The van der Waals surface area contributed by atoms with Crippen LogP contribution in [-0.4, -0.2) is 44.8 Å². The zero-order valence-corrected chi connectivity index (χ0v) is 27.2. The number of thiazole rings is 1. The number of anilines is 2. The van der Waals surface area contributed by atoms with Crippen molar-refractivity contribution < 1.29 is 9.21 Å². The molecule has 47 heavy (non-hydrogen) atoms. The number of nitrogens with one attached hydrogen (secondary N) is 1. The van der Waals surface area contributed by atoms with Gasteiger partial charge in [-0.1, -0.05) is 59.9 Å². The number of benzene rings is 3. The molecular weight excluding hydrogens is 633 g/mol. The molecule has 0 unspecified atom stereocenters. The first-order chi connectivity index (χ1) is 22.9. The summed E-state index contributed by atoms with van der Waals surface area (Å²) in [4.78, 5) is 35.2. The number of carbonyl (C=O) groups is 1. The van der Waals surface area contributed by atoms with E-state index in [1.807, 2.05) is 110 Å². The summed E-state index contributed by atoms with van der Waals surface area (Å²) < 4.78 is 9.73. The predicted octanol–water partition coefficient (Wildman–Crippen LogP) is 4.66. The third-order valence-electron chi connectivity index (χ3n) is 7.53. The molecule has 13 heteroatoms. The zero-order valence-electron chi connectivity index (χ0n) is 25.6. The lowest BCUT2D eigenvalue weighted by atomic mass is 9.95. The number of amides is 1. The molecule has 0 radical (unpaired) electrons. The molecule has 0 fully saturated rings. The van der Waals surface area contributed by atoms with Crippen LogP contribution in [0.5, 0.6) is 0 Å². The van der Waals surface area contributed by atoms with Gasteiger partial charge >= 0.3 is 0 Å². The van der Waals surface area contributed by atoms with Crippen LogP contribution in [0.2, 0.25) is 0 Å². The van der Waals surface area contributed by atoms with Crippen molar-refractivity contribution in [3.8, 4) is 5.69 Å². The summed E-state index contributed by atoms with van der Waals surface area (Å²) in [6.07, 6.45) is 1.70. The lowest BCUT2D eigenvalue weighted by Gasteiger charge is -2.26. The minimum atomic E-state index is -0.687. The van der Waals surface area contributed by atoms with Crippen molar-refractivity contribution in [2.75, 3.05) is 24.3 Å². The molecule has 1 N–H and O–H groups in total. The quantitative estimate of drug-likeness (QED) is 0.250. The van der Waals surface area contributed by atoms with Crippen LogP contribution in [-0.2, 0) is 4.79 Å². The van der Waals surface area contributed by atoms with Crippen LogP contribution in [0.3, 0.4) is 0 Å². The van der Waals surface area contributed by atoms with Crippen LogP contribution in [0.4, 0.5) is 11.4 Å². The summed E-state index contributed by atoms with van der Waals surface area (Å²) in [5, 5.41) is 16.1. The van der Waals surface area contributed by atoms with E-state index in [0.717, 1.165) is 16.9 Å². The van der Waals surface area contributed by atoms with Gasteiger partial charge in [-0.2, -0.15) is 4.68 Å². The summed E-state index contributed by atoms with van der Waals surface area (Å²) in [5.41, 5.74) is 3.95. The molecule has 4 heterocycles. The monoisotopic (exact) mass is 660 g/mol. The van der Waals surface area contributed by atoms with E-state index in [0.29, 0.717) is 42.3 Å². The van der Waals surface area contributed by atoms with Crippen molar-refractivity contribution in [1.29, 1.82) is 0 Å². The molecule has 0 saturated carbocycles. The summed E-state index contributed by atoms with van der Waals surface area (Å²) in [7, 11) is 3.93. The second-order valence-electron chi connectivity index (χ2n) is 10.9. The Morgan fingerprint density at radius 1 is 0.979 bits per heavy atom. The van der Waals surface area contributed by atoms with Crippen LogP contribution in [0.1, 0.15) is 24.3 Å². The van der Waals surface area contributed by atoms with Crippen molar-refractivity contribution >= 4 is 46.5 Å². The first kappa shape index (κ1) is 30.1. The van der Waals surface area contributed by atoms with Crippen LogP contribution >= 0.6 is 23.1 Å². The van der Waals surface area contributed by atoms with Crippen LogP contribution in [0, 0.1) is 0 Å². The Labute approximate surface area is 277 Å². The van der Waals surface area contributed by atoms with Crippen molar-refractivity contribution in [3.63, 3.8) is 0 Å². The minimum absolute atomic E-state index is 0.272. The number of rotatable bonds is 8. The smallest absolute Gasteiger partial charge is 0.271 e. The Morgan fingerprint density at radius 3 is 2.43 bits per heavy atom. The molecule has 11 nitrogen and oxygen atoms in total. The number of tetrazole rings is 1. The fraction of sp³-hybridized carbons (Fsp3) is 0.118. The first-order valence-corrected chi connectivity index (χ1v) is 16.3. The molecular formula is C34H28N8O3S2. The van der Waals surface area contributed by atoms with Crippen LogP contribution in [0.15, 0.2) is 133 Å². The van der Waals surface area contributed by atoms with E-state index in [9.17, 15) is 9.59 Å². The van der Waals surface area contributed by atoms with E-state index in [-0.39, 0.29) is 11.5 Å². The fourth-order valence-electron chi connectivity index (χ4n) is 5.26. The number of furan rings is 1. The molecule has 1 aliphatic rings. The summed E-state index contributed by atoms with van der Waals surface area (Å²) in [6, 6.07) is 29.6. The molecule has 3 aromatic heterocycles. The first-order valence-electron chi connectivity index (χ1n) is 14.6. The number of nitrogens with zero attached hydrogens (tertiary/aromatic N) is 7. The fourth-order valence-corrected chi connectivity index (χ4v) is 7.05. The highest BCUT2D eigenvalue weighted by molar-refractivity contribution is 7.99. The van der Waals surface area contributed by atoms with Gasteiger partial charge in [0.2, 0.25) is 5.16 Å². The van der Waals surface area contributed by atoms with E-state index in [4.69, 9.17) is 9.41 Å². The molecule has 234 valence electrons. The second kappa shape index (κ2) is 12.7. The van der Waals surface area contributed by atoms with Gasteiger partial charge in [0, 0.05) is 31.5 Å². The largest absolute Gasteiger partial charge is 0.450 e. The number of allylic oxidation sites excluding steroid dienone is 1. The van der Waals surface area contributed by atoms with Gasteiger partial charge in [-0.25, -0.2) is 4.99 Å². The minimum Gasteiger partial charge on any atom is -0.450 e. The highest BCUT2D eigenvalue weighted by Crippen LogP contribution is 2.32. The van der Waals surface area contributed by atoms with Gasteiger partial charge in [0.1, 0.15) is 5.76 Å². The lowest BCUT2D eigenvalue weighted by Crippen LogP contribution is -2.40. The third kappa shape index (κ3) is 6.05. The molecule has 7 rings (SSSR count). The molecule has 0 saturated heterocycles. The summed E-state index contributed by atoms with van der Waals surface area (Å²) in [5.74, 6) is 0.167. The van der Waals surface area contributed by atoms with E-state index >= 15 is 0 Å². The second-order valence-corrected chi connectivity index (χ2v) is 12.8. The maximum absolute atomic E-state index is 14.1. The van der Waals surface area contributed by atoms with Crippen molar-refractivity contribution in [2.45, 2.75) is 23.2 Å². The number of aromatic nitrogens is 5. The van der Waals surface area contributed by atoms with Crippen molar-refractivity contribution in [3.05, 3.63) is 139 Å². The Kier molecular flexibility index (Phi) is 8.14. The molecule has 6 aromatic rings. The molecule has 0 bridgehead atoms. The molecule has 1 atom stereocenters. The van der Waals surface area contributed by atoms with Gasteiger partial charge in [0.05, 0.1) is 27.5 Å². The molecule has 1 aliphatic heterocycles. The van der Waals surface area contributed by atoms with Gasteiger partial charge in [-0.3, -0.25) is 14.2 Å². The number of para-hydroxylation sites is 2. The van der Waals surface area contributed by atoms with E-state index in [2.05, 4.69) is 20.8 Å². The third-order valence-corrected chi connectivity index (χ3v) is 9.37. The Bertz CT molecular complexity index is 2290. The highest BCUT2D eigenvalue weighted by atomic mass is 32.2. The van der Waals surface area contributed by atoms with Gasteiger partial charge in [0.15, 0.2) is 9.89 Å². The van der Waals surface area contributed by atoms with Gasteiger partial charge in [0.25, 0.3) is 11.5 Å². The molecule has 0 spiro atoms. The van der Waals surface area contributed by atoms with Crippen LogP contribution in [0.25, 0.3) is 11.8 Å². The standard InChI is InChI=1S/C34H28N8O3S2/c1-21-29(31(43)36-23-10-6-4-7-11-23)30(22-14-16-24(17-15-22)40(2)3)41-32(44)27(46-33(41)35-21)20-26-18-19-28(45-26)47-34-37-38-39-42(34)25-12-8-5-9-13-25/h4-20,30H,1-3H3,(H,36,43)/b27-20-/t30-/m1/s1. The maximum atomic E-state index is 14.1. The van der Waals surface area contributed by atoms with Crippen LogP contribution < -0.4 is 25.1 Å². The van der Waals surface area contributed by atoms with Crippen molar-refractivity contribution in [1.82, 2.24) is 24.8 Å². The average Bonchev–Trinajstić information content (AvgIpc) is 3.81. The van der Waals surface area contributed by atoms with Gasteiger partial charge in [-0.05, 0) is 83.2 Å². The zero-order chi connectivity index (χ0) is 32.5. The normalized spacial score (nSPS) is 14.5. The Hall–Kier alpha value is -5.53. The number of fused-ring (bicyclic) bond motifs is 1.